The fourth-order valence-corrected chi connectivity index (χ4v) is 2.89. The van der Waals surface area contributed by atoms with Crippen molar-refractivity contribution in [1.29, 1.82) is 0 Å². The Kier molecular flexibility index (Phi) is 4.88. The molecule has 0 aliphatic rings. The van der Waals surface area contributed by atoms with E-state index in [9.17, 15) is 9.18 Å². The molecule has 3 nitrogen and oxygen atoms in total. The van der Waals surface area contributed by atoms with Crippen LogP contribution < -0.4 is 5.32 Å². The highest BCUT2D eigenvalue weighted by molar-refractivity contribution is 9.10. The molecule has 0 radical (unpaired) electrons. The maximum absolute atomic E-state index is 13.7. The zero-order valence-electron chi connectivity index (χ0n) is 11.1. The van der Waals surface area contributed by atoms with E-state index in [0.717, 1.165) is 16.3 Å². The number of amides is 1. The van der Waals surface area contributed by atoms with Crippen LogP contribution in [0.2, 0.25) is 0 Å². The first-order chi connectivity index (χ1) is 9.51. The molecule has 6 heteroatoms. The van der Waals surface area contributed by atoms with Crippen molar-refractivity contribution in [1.82, 2.24) is 10.3 Å². The number of nitrogens with one attached hydrogen (secondary N) is 1. The van der Waals surface area contributed by atoms with Crippen molar-refractivity contribution in [2.24, 2.45) is 0 Å². The number of rotatable bonds is 4. The second kappa shape index (κ2) is 6.45. The lowest BCUT2D eigenvalue weighted by atomic mass is 10.2. The van der Waals surface area contributed by atoms with Crippen LogP contribution in [0.15, 0.2) is 28.9 Å². The smallest absolute Gasteiger partial charge is 0.254 e. The molecule has 0 saturated heterocycles. The Balaban J connectivity index is 2.10. The summed E-state index contributed by atoms with van der Waals surface area (Å²) in [7, 11) is 0. The largest absolute Gasteiger partial charge is 0.343 e. The number of carbonyl (C=O) groups is 1. The summed E-state index contributed by atoms with van der Waals surface area (Å²) in [6.07, 6.45) is 2.72. The first-order valence-electron chi connectivity index (χ1n) is 6.21. The molecule has 1 heterocycles. The Morgan fingerprint density at radius 2 is 2.30 bits per heavy atom. The molecule has 2 aromatic rings. The minimum atomic E-state index is -0.544. The summed E-state index contributed by atoms with van der Waals surface area (Å²) in [6.45, 7) is 3.89. The maximum Gasteiger partial charge on any atom is 0.254 e. The highest BCUT2D eigenvalue weighted by Crippen LogP contribution is 2.21. The SMILES string of the molecule is CCc1cnc(C(C)NC(=O)c2ccc(Br)cc2F)s1. The van der Waals surface area contributed by atoms with Crippen LogP contribution in [-0.2, 0) is 6.42 Å². The third-order valence-corrected chi connectivity index (χ3v) is 4.63. The summed E-state index contributed by atoms with van der Waals surface area (Å²) >= 11 is 4.72. The van der Waals surface area contributed by atoms with Crippen LogP contribution >= 0.6 is 27.3 Å². The third kappa shape index (κ3) is 3.43. The van der Waals surface area contributed by atoms with Gasteiger partial charge >= 0.3 is 0 Å². The Labute approximate surface area is 129 Å². The van der Waals surface area contributed by atoms with Gasteiger partial charge in [-0.3, -0.25) is 4.79 Å². The highest BCUT2D eigenvalue weighted by atomic mass is 79.9. The van der Waals surface area contributed by atoms with E-state index in [-0.39, 0.29) is 11.6 Å². The number of carbonyl (C=O) groups excluding carboxylic acids is 1. The zero-order chi connectivity index (χ0) is 14.7. The monoisotopic (exact) mass is 356 g/mol. The Morgan fingerprint density at radius 3 is 2.90 bits per heavy atom. The van der Waals surface area contributed by atoms with Gasteiger partial charge in [-0.1, -0.05) is 22.9 Å². The molecule has 1 amide bonds. The molecular formula is C14H14BrFN2OS. The van der Waals surface area contributed by atoms with Crippen LogP contribution in [-0.4, -0.2) is 10.9 Å². The molecule has 1 unspecified atom stereocenters. The van der Waals surface area contributed by atoms with Gasteiger partial charge in [0.2, 0.25) is 0 Å². The highest BCUT2D eigenvalue weighted by Gasteiger charge is 2.17. The van der Waals surface area contributed by atoms with Gasteiger partial charge in [-0.2, -0.15) is 0 Å². The molecular weight excluding hydrogens is 343 g/mol. The van der Waals surface area contributed by atoms with E-state index >= 15 is 0 Å². The molecule has 0 aliphatic carbocycles. The van der Waals surface area contributed by atoms with E-state index in [1.54, 1.807) is 17.4 Å². The summed E-state index contributed by atoms with van der Waals surface area (Å²) in [5.74, 6) is -0.979. The van der Waals surface area contributed by atoms with Crippen molar-refractivity contribution < 1.29 is 9.18 Å². The molecule has 2 rings (SSSR count). The van der Waals surface area contributed by atoms with E-state index < -0.39 is 11.7 Å². The van der Waals surface area contributed by atoms with E-state index in [1.807, 2.05) is 13.1 Å². The van der Waals surface area contributed by atoms with Crippen molar-refractivity contribution in [2.45, 2.75) is 26.3 Å². The predicted octanol–water partition coefficient (Wildman–Crippen LogP) is 4.10. The average Bonchev–Trinajstić information content (AvgIpc) is 2.87. The first-order valence-corrected chi connectivity index (χ1v) is 7.82. The molecule has 0 fully saturated rings. The molecule has 1 aromatic heterocycles. The van der Waals surface area contributed by atoms with E-state index in [4.69, 9.17) is 0 Å². The van der Waals surface area contributed by atoms with E-state index in [2.05, 4.69) is 33.2 Å². The minimum Gasteiger partial charge on any atom is -0.343 e. The number of hydrogen-bond acceptors (Lipinski definition) is 3. The van der Waals surface area contributed by atoms with Crippen LogP contribution in [0.25, 0.3) is 0 Å². The third-order valence-electron chi connectivity index (χ3n) is 2.81. The second-order valence-electron chi connectivity index (χ2n) is 4.34. The maximum atomic E-state index is 13.7. The van der Waals surface area contributed by atoms with E-state index in [0.29, 0.717) is 4.47 Å². The van der Waals surface area contributed by atoms with Crippen molar-refractivity contribution in [2.75, 3.05) is 0 Å². The van der Waals surface area contributed by atoms with Crippen LogP contribution in [0.1, 0.15) is 40.1 Å². The quantitative estimate of drug-likeness (QED) is 0.895. The molecule has 106 valence electrons. The number of aryl methyl sites for hydroxylation is 1. The van der Waals surface area contributed by atoms with E-state index in [1.165, 1.54) is 12.1 Å². The fourth-order valence-electron chi connectivity index (χ4n) is 1.70. The van der Waals surface area contributed by atoms with Gasteiger partial charge < -0.3 is 5.32 Å². The van der Waals surface area contributed by atoms with Gasteiger partial charge in [0.15, 0.2) is 0 Å². The molecule has 1 atom stereocenters. The molecule has 20 heavy (non-hydrogen) atoms. The molecule has 0 saturated carbocycles. The minimum absolute atomic E-state index is 0.0346. The number of hydrogen-bond donors (Lipinski definition) is 1. The standard InChI is InChI=1S/C14H14BrFN2OS/c1-3-10-7-17-14(20-10)8(2)18-13(19)11-5-4-9(15)6-12(11)16/h4-8H,3H2,1-2H3,(H,18,19). The molecule has 0 spiro atoms. The Hall–Kier alpha value is -1.27. The van der Waals surface area contributed by atoms with Gasteiger partial charge in [-0.15, -0.1) is 11.3 Å². The van der Waals surface area contributed by atoms with Gasteiger partial charge in [-0.25, -0.2) is 9.37 Å². The lowest BCUT2D eigenvalue weighted by Crippen LogP contribution is -2.27. The molecule has 1 aromatic carbocycles. The number of benzene rings is 1. The predicted molar refractivity (Wildman–Crippen MR) is 81.5 cm³/mol. The molecule has 0 bridgehead atoms. The van der Waals surface area contributed by atoms with Gasteiger partial charge in [0.05, 0.1) is 11.6 Å². The second-order valence-corrected chi connectivity index (χ2v) is 6.40. The van der Waals surface area contributed by atoms with Gasteiger partial charge in [0.25, 0.3) is 5.91 Å². The first kappa shape index (κ1) is 15.1. The van der Waals surface area contributed by atoms with Gasteiger partial charge in [-0.05, 0) is 31.5 Å². The van der Waals surface area contributed by atoms with Crippen LogP contribution in [0.4, 0.5) is 4.39 Å². The summed E-state index contributed by atoms with van der Waals surface area (Å²) in [6, 6.07) is 4.14. The topological polar surface area (TPSA) is 42.0 Å². The number of nitrogens with zero attached hydrogens (tertiary/aromatic N) is 1. The van der Waals surface area contributed by atoms with Crippen LogP contribution in [0.3, 0.4) is 0 Å². The average molecular weight is 357 g/mol. The summed E-state index contributed by atoms with van der Waals surface area (Å²) in [5.41, 5.74) is 0.0346. The van der Waals surface area contributed by atoms with Crippen LogP contribution in [0, 0.1) is 5.82 Å². The molecule has 1 N–H and O–H groups in total. The normalized spacial score (nSPS) is 12.2. The van der Waals surface area contributed by atoms with Gasteiger partial charge in [0, 0.05) is 15.5 Å². The lowest BCUT2D eigenvalue weighted by Gasteiger charge is -2.11. The van der Waals surface area contributed by atoms with Gasteiger partial charge in [0.1, 0.15) is 10.8 Å². The van der Waals surface area contributed by atoms with Crippen molar-refractivity contribution in [3.05, 3.63) is 50.1 Å². The fraction of sp³-hybridized carbons (Fsp3) is 0.286. The molecule has 0 aliphatic heterocycles. The van der Waals surface area contributed by atoms with Crippen LogP contribution in [0.5, 0.6) is 0 Å². The zero-order valence-corrected chi connectivity index (χ0v) is 13.5. The lowest BCUT2D eigenvalue weighted by molar-refractivity contribution is 0.0935. The Morgan fingerprint density at radius 1 is 1.55 bits per heavy atom. The number of halogens is 2. The van der Waals surface area contributed by atoms with Crippen molar-refractivity contribution in [3.63, 3.8) is 0 Å². The summed E-state index contributed by atoms with van der Waals surface area (Å²) in [5, 5.41) is 3.59. The number of aromatic nitrogens is 1. The summed E-state index contributed by atoms with van der Waals surface area (Å²) < 4.78 is 14.3. The number of thiazole rings is 1. The summed E-state index contributed by atoms with van der Waals surface area (Å²) in [4.78, 5) is 17.5. The van der Waals surface area contributed by atoms with Crippen molar-refractivity contribution >= 4 is 33.2 Å². The Bertz CT molecular complexity index is 629. The van der Waals surface area contributed by atoms with Crippen molar-refractivity contribution in [3.8, 4) is 0 Å².